The van der Waals surface area contributed by atoms with Crippen LogP contribution in [0.4, 0.5) is 0 Å². The van der Waals surface area contributed by atoms with E-state index in [1.807, 2.05) is 25.1 Å². The number of hydrogen-bond donors (Lipinski definition) is 1. The van der Waals surface area contributed by atoms with Crippen LogP contribution >= 0.6 is 0 Å². The second-order valence-electron chi connectivity index (χ2n) is 6.50. The van der Waals surface area contributed by atoms with Crippen LogP contribution in [-0.4, -0.2) is 37.9 Å². The minimum Gasteiger partial charge on any atom is -0.497 e. The zero-order chi connectivity index (χ0) is 19.6. The molecular weight excluding hydrogens is 344 g/mol. The summed E-state index contributed by atoms with van der Waals surface area (Å²) in [5.41, 5.74) is 2.92. The molecule has 2 aromatic carbocycles. The number of hydrogen-bond acceptors (Lipinski definition) is 4. The zero-order valence-electron chi connectivity index (χ0n) is 15.8. The van der Waals surface area contributed by atoms with Crippen LogP contribution in [-0.2, 0) is 6.54 Å². The normalized spacial score (nSPS) is 10.7. The van der Waals surface area contributed by atoms with Gasteiger partial charge in [0.2, 0.25) is 0 Å². The third-order valence-corrected chi connectivity index (χ3v) is 4.41. The predicted octanol–water partition coefficient (Wildman–Crippen LogP) is 3.38. The van der Waals surface area contributed by atoms with Gasteiger partial charge in [0.15, 0.2) is 5.76 Å². The summed E-state index contributed by atoms with van der Waals surface area (Å²) in [5.74, 6) is 0.665. The third-order valence-electron chi connectivity index (χ3n) is 4.41. The smallest absolute Gasteiger partial charge is 0.287 e. The minimum atomic E-state index is -0.281. The molecule has 3 aromatic rings. The van der Waals surface area contributed by atoms with Crippen LogP contribution in [0.1, 0.15) is 32.0 Å². The van der Waals surface area contributed by atoms with Crippen LogP contribution in [0.5, 0.6) is 5.75 Å². The van der Waals surface area contributed by atoms with E-state index in [1.54, 1.807) is 45.5 Å². The number of rotatable bonds is 5. The molecule has 0 aliphatic carbocycles. The molecule has 6 nitrogen and oxygen atoms in total. The Morgan fingerprint density at radius 3 is 2.44 bits per heavy atom. The van der Waals surface area contributed by atoms with Gasteiger partial charge in [0.1, 0.15) is 11.3 Å². The van der Waals surface area contributed by atoms with Crippen LogP contribution in [0, 0.1) is 6.92 Å². The molecule has 0 aliphatic heterocycles. The Kier molecular flexibility index (Phi) is 5.16. The van der Waals surface area contributed by atoms with Gasteiger partial charge in [0.25, 0.3) is 11.8 Å². The summed E-state index contributed by atoms with van der Waals surface area (Å²) in [5, 5.41) is 3.71. The third kappa shape index (κ3) is 3.79. The Bertz CT molecular complexity index is 987. The second-order valence-corrected chi connectivity index (χ2v) is 6.50. The van der Waals surface area contributed by atoms with Crippen molar-refractivity contribution in [2.45, 2.75) is 13.5 Å². The van der Waals surface area contributed by atoms with E-state index >= 15 is 0 Å². The standard InChI is InChI=1S/C21H22N2O4/c1-13-17-11-16(26-4)9-10-18(17)27-19(13)20(24)22-12-14-5-7-15(8-6-14)21(25)23(2)3/h5-11H,12H2,1-4H3,(H,22,24). The number of carbonyl (C=O) groups is 2. The van der Waals surface area contributed by atoms with Gasteiger partial charge in [-0.1, -0.05) is 12.1 Å². The van der Waals surface area contributed by atoms with Gasteiger partial charge in [-0.25, -0.2) is 0 Å². The lowest BCUT2D eigenvalue weighted by atomic mass is 10.1. The van der Waals surface area contributed by atoms with Crippen molar-refractivity contribution >= 4 is 22.8 Å². The van der Waals surface area contributed by atoms with Crippen molar-refractivity contribution in [3.63, 3.8) is 0 Å². The van der Waals surface area contributed by atoms with E-state index in [-0.39, 0.29) is 17.6 Å². The Morgan fingerprint density at radius 2 is 1.81 bits per heavy atom. The van der Waals surface area contributed by atoms with E-state index < -0.39 is 0 Å². The largest absolute Gasteiger partial charge is 0.497 e. The lowest BCUT2D eigenvalue weighted by Gasteiger charge is -2.10. The maximum Gasteiger partial charge on any atom is 0.287 e. The molecule has 0 unspecified atom stereocenters. The summed E-state index contributed by atoms with van der Waals surface area (Å²) < 4.78 is 10.9. The molecule has 0 aliphatic rings. The number of aryl methyl sites for hydroxylation is 1. The van der Waals surface area contributed by atoms with Crippen LogP contribution in [0.25, 0.3) is 11.0 Å². The number of nitrogens with zero attached hydrogens (tertiary/aromatic N) is 1. The first-order chi connectivity index (χ1) is 12.9. The monoisotopic (exact) mass is 366 g/mol. The van der Waals surface area contributed by atoms with E-state index in [9.17, 15) is 9.59 Å². The molecule has 27 heavy (non-hydrogen) atoms. The van der Waals surface area contributed by atoms with Gasteiger partial charge in [-0.05, 0) is 42.8 Å². The molecule has 0 fully saturated rings. The zero-order valence-corrected chi connectivity index (χ0v) is 15.8. The lowest BCUT2D eigenvalue weighted by Crippen LogP contribution is -2.23. The van der Waals surface area contributed by atoms with Crippen molar-refractivity contribution in [2.75, 3.05) is 21.2 Å². The van der Waals surface area contributed by atoms with Crippen molar-refractivity contribution in [1.82, 2.24) is 10.2 Å². The summed E-state index contributed by atoms with van der Waals surface area (Å²) in [6, 6.07) is 12.6. The number of amides is 2. The van der Waals surface area contributed by atoms with Crippen molar-refractivity contribution in [3.05, 3.63) is 64.9 Å². The fourth-order valence-electron chi connectivity index (χ4n) is 2.83. The van der Waals surface area contributed by atoms with E-state index in [0.29, 0.717) is 23.4 Å². The summed E-state index contributed by atoms with van der Waals surface area (Å²) in [6.07, 6.45) is 0. The SMILES string of the molecule is COc1ccc2oc(C(=O)NCc3ccc(C(=O)N(C)C)cc3)c(C)c2c1. The summed E-state index contributed by atoms with van der Waals surface area (Å²) in [6.45, 7) is 2.19. The van der Waals surface area contributed by atoms with Gasteiger partial charge in [0, 0.05) is 37.2 Å². The molecule has 1 N–H and O–H groups in total. The van der Waals surface area contributed by atoms with Gasteiger partial charge in [0.05, 0.1) is 7.11 Å². The predicted molar refractivity (Wildman–Crippen MR) is 103 cm³/mol. The minimum absolute atomic E-state index is 0.0566. The molecule has 0 bridgehead atoms. The summed E-state index contributed by atoms with van der Waals surface area (Å²) >= 11 is 0. The molecular formula is C21H22N2O4. The lowest BCUT2D eigenvalue weighted by molar-refractivity contribution is 0.0827. The van der Waals surface area contributed by atoms with Gasteiger partial charge in [-0.3, -0.25) is 9.59 Å². The summed E-state index contributed by atoms with van der Waals surface area (Å²) in [7, 11) is 5.02. The second kappa shape index (κ2) is 7.53. The van der Waals surface area contributed by atoms with E-state index in [0.717, 1.165) is 16.5 Å². The first kappa shape index (κ1) is 18.5. The first-order valence-electron chi connectivity index (χ1n) is 8.56. The molecule has 0 saturated carbocycles. The van der Waals surface area contributed by atoms with Gasteiger partial charge in [-0.2, -0.15) is 0 Å². The van der Waals surface area contributed by atoms with E-state index in [1.165, 1.54) is 4.90 Å². The highest BCUT2D eigenvalue weighted by Gasteiger charge is 2.18. The number of furan rings is 1. The molecule has 2 amide bonds. The Balaban J connectivity index is 1.71. The summed E-state index contributed by atoms with van der Waals surface area (Å²) in [4.78, 5) is 26.0. The number of methoxy groups -OCH3 is 1. The van der Waals surface area contributed by atoms with Crippen molar-refractivity contribution < 1.29 is 18.7 Å². The fraction of sp³-hybridized carbons (Fsp3) is 0.238. The maximum atomic E-state index is 12.5. The number of nitrogens with one attached hydrogen (secondary N) is 1. The van der Waals surface area contributed by atoms with Crippen LogP contribution in [0.2, 0.25) is 0 Å². The average molecular weight is 366 g/mol. The molecule has 3 rings (SSSR count). The molecule has 6 heteroatoms. The highest BCUT2D eigenvalue weighted by Crippen LogP contribution is 2.28. The number of benzene rings is 2. The van der Waals surface area contributed by atoms with Crippen LogP contribution < -0.4 is 10.1 Å². The highest BCUT2D eigenvalue weighted by atomic mass is 16.5. The molecule has 1 heterocycles. The van der Waals surface area contributed by atoms with Crippen molar-refractivity contribution in [2.24, 2.45) is 0 Å². The Morgan fingerprint density at radius 1 is 1.11 bits per heavy atom. The molecule has 140 valence electrons. The average Bonchev–Trinajstić information content (AvgIpc) is 3.02. The van der Waals surface area contributed by atoms with Crippen molar-refractivity contribution in [3.8, 4) is 5.75 Å². The van der Waals surface area contributed by atoms with Gasteiger partial charge < -0.3 is 19.4 Å². The van der Waals surface area contributed by atoms with E-state index in [2.05, 4.69) is 5.32 Å². The first-order valence-corrected chi connectivity index (χ1v) is 8.56. The maximum absolute atomic E-state index is 12.5. The number of carbonyl (C=O) groups excluding carboxylic acids is 2. The number of ether oxygens (including phenoxy) is 1. The molecule has 0 spiro atoms. The highest BCUT2D eigenvalue weighted by molar-refractivity contribution is 5.99. The Hall–Kier alpha value is -3.28. The van der Waals surface area contributed by atoms with Gasteiger partial charge in [-0.15, -0.1) is 0 Å². The molecule has 0 radical (unpaired) electrons. The topological polar surface area (TPSA) is 71.8 Å². The van der Waals surface area contributed by atoms with Crippen molar-refractivity contribution in [1.29, 1.82) is 0 Å². The molecule has 1 aromatic heterocycles. The van der Waals surface area contributed by atoms with Crippen LogP contribution in [0.15, 0.2) is 46.9 Å². The number of fused-ring (bicyclic) bond motifs is 1. The molecule has 0 saturated heterocycles. The van der Waals surface area contributed by atoms with Crippen LogP contribution in [0.3, 0.4) is 0 Å². The molecule has 0 atom stereocenters. The van der Waals surface area contributed by atoms with Gasteiger partial charge >= 0.3 is 0 Å². The van der Waals surface area contributed by atoms with E-state index in [4.69, 9.17) is 9.15 Å². The fourth-order valence-corrected chi connectivity index (χ4v) is 2.83. The Labute approximate surface area is 157 Å². The quantitative estimate of drug-likeness (QED) is 0.751.